The van der Waals surface area contributed by atoms with Crippen LogP contribution in [0.15, 0.2) is 23.8 Å². The zero-order valence-electron chi connectivity index (χ0n) is 11.8. The van der Waals surface area contributed by atoms with E-state index in [0.717, 1.165) is 29.2 Å². The van der Waals surface area contributed by atoms with Crippen molar-refractivity contribution in [1.29, 1.82) is 0 Å². The molecule has 0 unspecified atom stereocenters. The van der Waals surface area contributed by atoms with E-state index >= 15 is 0 Å². The number of benzene rings is 1. The van der Waals surface area contributed by atoms with Crippen molar-refractivity contribution in [3.8, 4) is 0 Å². The molecule has 0 aromatic heterocycles. The fraction of sp³-hybridized carbons (Fsp3) is 0.267. The molecule has 1 saturated heterocycles. The molecule has 0 N–H and O–H groups in total. The molecule has 0 aliphatic carbocycles. The maximum atomic E-state index is 13.6. The van der Waals surface area contributed by atoms with Crippen molar-refractivity contribution in [1.82, 2.24) is 4.90 Å². The van der Waals surface area contributed by atoms with E-state index < -0.39 is 36.0 Å². The molecule has 2 rings (SSSR count). The van der Waals surface area contributed by atoms with Crippen LogP contribution in [0.5, 0.6) is 0 Å². The second-order valence-corrected chi connectivity index (χ2v) is 4.60. The molecule has 5 nitrogen and oxygen atoms in total. The molecule has 0 bridgehead atoms. The standard InChI is InChI=1S/C15H13F2NO4/c1-2-22-14(20)8-18-13(19)7-10(15(18)21)5-9-6-11(16)3-4-12(9)17/h3-6H,2,7-8H2,1H3/b10-5+. The topological polar surface area (TPSA) is 63.7 Å². The molecule has 1 heterocycles. The third kappa shape index (κ3) is 3.36. The van der Waals surface area contributed by atoms with Crippen LogP contribution in [-0.4, -0.2) is 35.8 Å². The normalized spacial score (nSPS) is 16.5. The van der Waals surface area contributed by atoms with Crippen LogP contribution in [0.4, 0.5) is 8.78 Å². The van der Waals surface area contributed by atoms with E-state index in [1.165, 1.54) is 0 Å². The highest BCUT2D eigenvalue weighted by atomic mass is 19.1. The lowest BCUT2D eigenvalue weighted by molar-refractivity contribution is -0.151. The second kappa shape index (κ2) is 6.46. The van der Waals surface area contributed by atoms with Crippen molar-refractivity contribution >= 4 is 23.9 Å². The van der Waals surface area contributed by atoms with Gasteiger partial charge in [0.2, 0.25) is 5.91 Å². The first-order chi connectivity index (χ1) is 10.4. The molecule has 1 aliphatic heterocycles. The van der Waals surface area contributed by atoms with Crippen molar-refractivity contribution in [2.75, 3.05) is 13.2 Å². The van der Waals surface area contributed by atoms with Crippen molar-refractivity contribution in [2.24, 2.45) is 0 Å². The molecule has 2 amide bonds. The van der Waals surface area contributed by atoms with Gasteiger partial charge in [-0.15, -0.1) is 0 Å². The van der Waals surface area contributed by atoms with Crippen LogP contribution >= 0.6 is 0 Å². The maximum Gasteiger partial charge on any atom is 0.326 e. The Morgan fingerprint density at radius 1 is 1.36 bits per heavy atom. The third-order valence-electron chi connectivity index (χ3n) is 3.04. The number of nitrogens with zero attached hydrogens (tertiary/aromatic N) is 1. The van der Waals surface area contributed by atoms with Gasteiger partial charge in [0.15, 0.2) is 0 Å². The molecule has 116 valence electrons. The first-order valence-electron chi connectivity index (χ1n) is 6.58. The summed E-state index contributed by atoms with van der Waals surface area (Å²) in [5.41, 5.74) is -0.132. The first kappa shape index (κ1) is 15.8. The quantitative estimate of drug-likeness (QED) is 0.482. The maximum absolute atomic E-state index is 13.6. The number of hydrogen-bond donors (Lipinski definition) is 0. The smallest absolute Gasteiger partial charge is 0.326 e. The Hall–Kier alpha value is -2.57. The third-order valence-corrected chi connectivity index (χ3v) is 3.04. The number of hydrogen-bond acceptors (Lipinski definition) is 4. The molecule has 1 fully saturated rings. The number of rotatable bonds is 4. The summed E-state index contributed by atoms with van der Waals surface area (Å²) in [6, 6.07) is 2.81. The van der Waals surface area contributed by atoms with Crippen molar-refractivity contribution < 1.29 is 27.9 Å². The van der Waals surface area contributed by atoms with Gasteiger partial charge in [0, 0.05) is 11.1 Å². The van der Waals surface area contributed by atoms with Gasteiger partial charge in [0.25, 0.3) is 5.91 Å². The highest BCUT2D eigenvalue weighted by Gasteiger charge is 2.35. The molecule has 1 aromatic carbocycles. The molecule has 1 aromatic rings. The Morgan fingerprint density at radius 2 is 2.09 bits per heavy atom. The Morgan fingerprint density at radius 3 is 2.77 bits per heavy atom. The summed E-state index contributed by atoms with van der Waals surface area (Å²) >= 11 is 0. The molecular formula is C15H13F2NO4. The average Bonchev–Trinajstić information content (AvgIpc) is 2.71. The molecule has 7 heteroatoms. The number of esters is 1. The minimum atomic E-state index is -0.710. The van der Waals surface area contributed by atoms with E-state index in [-0.39, 0.29) is 24.2 Å². The monoisotopic (exact) mass is 309 g/mol. The van der Waals surface area contributed by atoms with Gasteiger partial charge in [-0.3, -0.25) is 19.3 Å². The summed E-state index contributed by atoms with van der Waals surface area (Å²) < 4.78 is 31.3. The van der Waals surface area contributed by atoms with E-state index in [2.05, 4.69) is 4.74 Å². The van der Waals surface area contributed by atoms with Crippen LogP contribution in [0.1, 0.15) is 18.9 Å². The number of imide groups is 1. The van der Waals surface area contributed by atoms with Crippen LogP contribution in [0.25, 0.3) is 6.08 Å². The van der Waals surface area contributed by atoms with Crippen LogP contribution < -0.4 is 0 Å². The van der Waals surface area contributed by atoms with E-state index in [1.807, 2.05) is 0 Å². The molecule has 1 aliphatic rings. The highest BCUT2D eigenvalue weighted by Crippen LogP contribution is 2.23. The fourth-order valence-electron chi connectivity index (χ4n) is 2.04. The predicted octanol–water partition coefficient (Wildman–Crippen LogP) is 1.67. The lowest BCUT2D eigenvalue weighted by Gasteiger charge is -2.11. The number of carbonyl (C=O) groups excluding carboxylic acids is 3. The molecule has 0 spiro atoms. The van der Waals surface area contributed by atoms with Gasteiger partial charge in [-0.1, -0.05) is 0 Å². The lowest BCUT2D eigenvalue weighted by atomic mass is 10.1. The molecule has 0 atom stereocenters. The Balaban J connectivity index is 2.22. The number of carbonyl (C=O) groups is 3. The highest BCUT2D eigenvalue weighted by molar-refractivity contribution is 6.16. The summed E-state index contributed by atoms with van der Waals surface area (Å²) in [6.07, 6.45) is 0.845. The largest absolute Gasteiger partial charge is 0.465 e. The number of amides is 2. The second-order valence-electron chi connectivity index (χ2n) is 4.60. The van der Waals surface area contributed by atoms with Gasteiger partial charge in [0.05, 0.1) is 13.0 Å². The number of halogens is 2. The first-order valence-corrected chi connectivity index (χ1v) is 6.58. The minimum absolute atomic E-state index is 0.00111. The van der Waals surface area contributed by atoms with Gasteiger partial charge in [-0.2, -0.15) is 0 Å². The van der Waals surface area contributed by atoms with Crippen LogP contribution in [0.3, 0.4) is 0 Å². The average molecular weight is 309 g/mol. The summed E-state index contributed by atoms with van der Waals surface area (Å²) in [6.45, 7) is 1.24. The summed E-state index contributed by atoms with van der Waals surface area (Å²) in [5, 5.41) is 0. The molecular weight excluding hydrogens is 296 g/mol. The van der Waals surface area contributed by atoms with Gasteiger partial charge in [0.1, 0.15) is 18.2 Å². The minimum Gasteiger partial charge on any atom is -0.465 e. The van der Waals surface area contributed by atoms with E-state index in [4.69, 9.17) is 0 Å². The lowest BCUT2D eigenvalue weighted by Crippen LogP contribution is -2.35. The summed E-state index contributed by atoms with van der Waals surface area (Å²) in [7, 11) is 0. The van der Waals surface area contributed by atoms with Gasteiger partial charge in [-0.05, 0) is 31.2 Å². The van der Waals surface area contributed by atoms with Crippen molar-refractivity contribution in [3.05, 3.63) is 41.0 Å². The Bertz CT molecular complexity index is 670. The number of ether oxygens (including phenoxy) is 1. The molecule has 22 heavy (non-hydrogen) atoms. The van der Waals surface area contributed by atoms with Crippen molar-refractivity contribution in [2.45, 2.75) is 13.3 Å². The van der Waals surface area contributed by atoms with E-state index in [0.29, 0.717) is 0 Å². The Kier molecular flexibility index (Phi) is 4.65. The molecule has 0 saturated carbocycles. The summed E-state index contributed by atoms with van der Waals surface area (Å²) in [4.78, 5) is 35.9. The van der Waals surface area contributed by atoms with Crippen LogP contribution in [0, 0.1) is 11.6 Å². The fourth-order valence-corrected chi connectivity index (χ4v) is 2.04. The number of likely N-dealkylation sites (tertiary alicyclic amines) is 1. The van der Waals surface area contributed by atoms with Crippen LogP contribution in [-0.2, 0) is 19.1 Å². The Labute approximate surface area is 125 Å². The van der Waals surface area contributed by atoms with Gasteiger partial charge < -0.3 is 4.74 Å². The molecule has 0 radical (unpaired) electrons. The zero-order chi connectivity index (χ0) is 16.3. The van der Waals surface area contributed by atoms with Crippen LogP contribution in [0.2, 0.25) is 0 Å². The van der Waals surface area contributed by atoms with Crippen molar-refractivity contribution in [3.63, 3.8) is 0 Å². The SMILES string of the molecule is CCOC(=O)CN1C(=O)C/C(=C\c2cc(F)ccc2F)C1=O. The van der Waals surface area contributed by atoms with E-state index in [1.54, 1.807) is 6.92 Å². The zero-order valence-corrected chi connectivity index (χ0v) is 11.8. The predicted molar refractivity (Wildman–Crippen MR) is 72.3 cm³/mol. The van der Waals surface area contributed by atoms with Gasteiger partial charge >= 0.3 is 5.97 Å². The van der Waals surface area contributed by atoms with Gasteiger partial charge in [-0.25, -0.2) is 8.78 Å². The summed E-state index contributed by atoms with van der Waals surface area (Å²) in [5.74, 6) is -3.36. The van der Waals surface area contributed by atoms with E-state index in [9.17, 15) is 23.2 Å².